The number of benzene rings is 3. The molecule has 0 saturated heterocycles. The number of hydrogen-bond donors (Lipinski definition) is 2. The van der Waals surface area contributed by atoms with Gasteiger partial charge in [0.25, 0.3) is 0 Å². The summed E-state index contributed by atoms with van der Waals surface area (Å²) in [4.78, 5) is 20.7. The number of nitrogens with zero attached hydrogens (tertiary/aromatic N) is 2. The quantitative estimate of drug-likeness (QED) is 0.456. The number of anilines is 2. The van der Waals surface area contributed by atoms with E-state index in [0.717, 1.165) is 26.6 Å². The lowest BCUT2D eigenvalue weighted by atomic mass is 10.1. The first-order valence-corrected chi connectivity index (χ1v) is 9.03. The van der Waals surface area contributed by atoms with Crippen LogP contribution in [-0.4, -0.2) is 21.0 Å². The fourth-order valence-electron chi connectivity index (χ4n) is 2.87. The van der Waals surface area contributed by atoms with Crippen molar-refractivity contribution >= 4 is 44.4 Å². The molecule has 0 aliphatic carbocycles. The summed E-state index contributed by atoms with van der Waals surface area (Å²) in [6.45, 7) is 0. The minimum absolute atomic E-state index is 0.165. The molecule has 0 atom stereocenters. The molecule has 0 radical (unpaired) electrons. The molecule has 3 aromatic carbocycles. The van der Waals surface area contributed by atoms with Crippen molar-refractivity contribution in [1.82, 2.24) is 9.97 Å². The summed E-state index contributed by atoms with van der Waals surface area (Å²) in [5, 5.41) is 13.4. The summed E-state index contributed by atoms with van der Waals surface area (Å²) in [6, 6.07) is 22.3. The molecule has 1 aromatic heterocycles. The van der Waals surface area contributed by atoms with Crippen LogP contribution >= 0.6 is 15.9 Å². The second-order valence-electron chi connectivity index (χ2n) is 5.90. The predicted octanol–water partition coefficient (Wildman–Crippen LogP) is 5.50. The Morgan fingerprint density at radius 2 is 1.67 bits per heavy atom. The number of nitrogens with one attached hydrogen (secondary N) is 1. The van der Waals surface area contributed by atoms with Gasteiger partial charge in [0.1, 0.15) is 0 Å². The number of fused-ring (bicyclic) bond motifs is 1. The van der Waals surface area contributed by atoms with Crippen LogP contribution in [0.3, 0.4) is 0 Å². The van der Waals surface area contributed by atoms with E-state index in [2.05, 4.69) is 31.2 Å². The maximum Gasteiger partial charge on any atom is 0.337 e. The van der Waals surface area contributed by atoms with Crippen LogP contribution in [0, 0.1) is 0 Å². The van der Waals surface area contributed by atoms with Crippen molar-refractivity contribution in [1.29, 1.82) is 0 Å². The molecule has 27 heavy (non-hydrogen) atoms. The molecule has 0 saturated carbocycles. The molecule has 6 heteroatoms. The van der Waals surface area contributed by atoms with Gasteiger partial charge >= 0.3 is 5.97 Å². The third kappa shape index (κ3) is 3.52. The first-order valence-electron chi connectivity index (χ1n) is 8.24. The van der Waals surface area contributed by atoms with Gasteiger partial charge in [-0.25, -0.2) is 14.8 Å². The van der Waals surface area contributed by atoms with E-state index in [1.54, 1.807) is 24.3 Å². The fraction of sp³-hybridized carbons (Fsp3) is 0. The van der Waals surface area contributed by atoms with Crippen LogP contribution in [0.5, 0.6) is 0 Å². The number of rotatable bonds is 4. The van der Waals surface area contributed by atoms with Crippen LogP contribution in [0.1, 0.15) is 10.4 Å². The van der Waals surface area contributed by atoms with E-state index in [9.17, 15) is 9.90 Å². The van der Waals surface area contributed by atoms with Gasteiger partial charge in [0.2, 0.25) is 5.95 Å². The van der Waals surface area contributed by atoms with Gasteiger partial charge in [-0.05, 0) is 30.3 Å². The Morgan fingerprint density at radius 3 is 2.44 bits per heavy atom. The molecule has 0 bridgehead atoms. The minimum atomic E-state index is -1.01. The van der Waals surface area contributed by atoms with Crippen LogP contribution in [0.25, 0.3) is 22.2 Å². The van der Waals surface area contributed by atoms with Crippen molar-refractivity contribution in [3.8, 4) is 11.3 Å². The van der Waals surface area contributed by atoms with Crippen molar-refractivity contribution < 1.29 is 9.90 Å². The van der Waals surface area contributed by atoms with Crippen molar-refractivity contribution in [2.24, 2.45) is 0 Å². The van der Waals surface area contributed by atoms with Gasteiger partial charge in [-0.2, -0.15) is 0 Å². The highest BCUT2D eigenvalue weighted by atomic mass is 79.9. The van der Waals surface area contributed by atoms with Gasteiger partial charge in [-0.1, -0.05) is 58.4 Å². The van der Waals surface area contributed by atoms with Crippen LogP contribution in [-0.2, 0) is 0 Å². The van der Waals surface area contributed by atoms with E-state index in [1.165, 1.54) is 0 Å². The highest BCUT2D eigenvalue weighted by Gasteiger charge is 2.13. The number of para-hydroxylation sites is 1. The van der Waals surface area contributed by atoms with Gasteiger partial charge in [0, 0.05) is 15.4 Å². The molecular weight excluding hydrogens is 406 g/mol. The van der Waals surface area contributed by atoms with Crippen LogP contribution < -0.4 is 5.32 Å². The summed E-state index contributed by atoms with van der Waals surface area (Å²) < 4.78 is 0.938. The van der Waals surface area contributed by atoms with E-state index in [4.69, 9.17) is 0 Å². The summed E-state index contributed by atoms with van der Waals surface area (Å²) in [7, 11) is 0. The predicted molar refractivity (Wildman–Crippen MR) is 109 cm³/mol. The number of carboxylic acids is 1. The zero-order valence-electron chi connectivity index (χ0n) is 14.1. The molecule has 4 aromatic rings. The highest BCUT2D eigenvalue weighted by molar-refractivity contribution is 9.10. The van der Waals surface area contributed by atoms with Gasteiger partial charge in [0.05, 0.1) is 22.5 Å². The molecular formula is C21H14BrN3O2. The molecule has 1 heterocycles. The van der Waals surface area contributed by atoms with Crippen LogP contribution in [0.2, 0.25) is 0 Å². The maximum absolute atomic E-state index is 11.5. The Bertz CT molecular complexity index is 1150. The number of aromatic carboxylic acids is 1. The zero-order chi connectivity index (χ0) is 18.8. The Morgan fingerprint density at radius 1 is 0.926 bits per heavy atom. The SMILES string of the molecule is O=C(O)c1ccccc1Nc1nc(-c2ccccc2)c2cc(Br)ccc2n1. The molecule has 0 aliphatic rings. The monoisotopic (exact) mass is 419 g/mol. The Labute approximate surface area is 163 Å². The molecule has 132 valence electrons. The molecule has 0 fully saturated rings. The summed E-state index contributed by atoms with van der Waals surface area (Å²) in [6.07, 6.45) is 0. The summed E-state index contributed by atoms with van der Waals surface area (Å²) >= 11 is 3.50. The molecule has 5 nitrogen and oxygen atoms in total. The molecule has 0 amide bonds. The van der Waals surface area contributed by atoms with Crippen LogP contribution in [0.15, 0.2) is 77.3 Å². The highest BCUT2D eigenvalue weighted by Crippen LogP contribution is 2.30. The average molecular weight is 420 g/mol. The van der Waals surface area contributed by atoms with E-state index >= 15 is 0 Å². The molecule has 4 rings (SSSR count). The molecule has 0 aliphatic heterocycles. The van der Waals surface area contributed by atoms with E-state index in [-0.39, 0.29) is 5.56 Å². The smallest absolute Gasteiger partial charge is 0.337 e. The van der Waals surface area contributed by atoms with Crippen molar-refractivity contribution in [2.45, 2.75) is 0 Å². The number of aromatic nitrogens is 2. The molecule has 2 N–H and O–H groups in total. The van der Waals surface area contributed by atoms with Gasteiger partial charge in [0.15, 0.2) is 0 Å². The number of carboxylic acid groups (broad SMARTS) is 1. The molecule has 0 spiro atoms. The first kappa shape index (κ1) is 17.2. The van der Waals surface area contributed by atoms with E-state index in [0.29, 0.717) is 11.6 Å². The first-order chi connectivity index (χ1) is 13.1. The van der Waals surface area contributed by atoms with Crippen molar-refractivity contribution in [2.75, 3.05) is 5.32 Å². The summed E-state index contributed by atoms with van der Waals surface area (Å²) in [5.74, 6) is -0.663. The van der Waals surface area contributed by atoms with E-state index < -0.39 is 5.97 Å². The lowest BCUT2D eigenvalue weighted by Crippen LogP contribution is -2.05. The lowest BCUT2D eigenvalue weighted by molar-refractivity contribution is 0.0698. The number of halogens is 1. The largest absolute Gasteiger partial charge is 0.478 e. The topological polar surface area (TPSA) is 75.1 Å². The second-order valence-corrected chi connectivity index (χ2v) is 6.81. The minimum Gasteiger partial charge on any atom is -0.478 e. The normalized spacial score (nSPS) is 10.7. The average Bonchev–Trinajstić information content (AvgIpc) is 2.68. The third-order valence-electron chi connectivity index (χ3n) is 4.11. The maximum atomic E-state index is 11.5. The second kappa shape index (κ2) is 7.17. The Balaban J connectivity index is 1.88. The van der Waals surface area contributed by atoms with Crippen molar-refractivity contribution in [3.63, 3.8) is 0 Å². The number of carbonyl (C=O) groups is 1. The van der Waals surface area contributed by atoms with Gasteiger partial charge in [-0.15, -0.1) is 0 Å². The van der Waals surface area contributed by atoms with E-state index in [1.807, 2.05) is 48.5 Å². The summed E-state index contributed by atoms with van der Waals surface area (Å²) in [5.41, 5.74) is 3.11. The van der Waals surface area contributed by atoms with Gasteiger partial charge in [-0.3, -0.25) is 0 Å². The standard InChI is InChI=1S/C21H14BrN3O2/c22-14-10-11-18-16(12-14)19(13-6-2-1-3-7-13)25-21(24-18)23-17-9-5-4-8-15(17)20(26)27/h1-12H,(H,26,27)(H,23,24,25). The Kier molecular flexibility index (Phi) is 4.56. The number of hydrogen-bond acceptors (Lipinski definition) is 4. The fourth-order valence-corrected chi connectivity index (χ4v) is 3.23. The molecule has 0 unspecified atom stereocenters. The van der Waals surface area contributed by atoms with Crippen molar-refractivity contribution in [3.05, 3.63) is 82.8 Å². The zero-order valence-corrected chi connectivity index (χ0v) is 15.6. The van der Waals surface area contributed by atoms with Crippen LogP contribution in [0.4, 0.5) is 11.6 Å². The van der Waals surface area contributed by atoms with Gasteiger partial charge < -0.3 is 10.4 Å². The lowest BCUT2D eigenvalue weighted by Gasteiger charge is -2.12. The third-order valence-corrected chi connectivity index (χ3v) is 4.60. The Hall–Kier alpha value is -3.25.